The van der Waals surface area contributed by atoms with Gasteiger partial charge in [-0.15, -0.1) is 6.58 Å². The molecule has 1 amide bonds. The summed E-state index contributed by atoms with van der Waals surface area (Å²) in [6.07, 6.45) is 2.53. The number of carbonyl (C=O) groups excluding carboxylic acids is 1. The van der Waals surface area contributed by atoms with E-state index in [0.29, 0.717) is 6.54 Å². The molecular formula is C6H13N3O. The summed E-state index contributed by atoms with van der Waals surface area (Å²) in [6.45, 7) is 4.30. The molecule has 0 saturated heterocycles. The van der Waals surface area contributed by atoms with E-state index in [1.54, 1.807) is 6.08 Å². The van der Waals surface area contributed by atoms with Crippen LogP contribution in [0.15, 0.2) is 12.7 Å². The fraction of sp³-hybridized carbons (Fsp3) is 0.500. The molecule has 4 nitrogen and oxygen atoms in total. The second-order valence-corrected chi connectivity index (χ2v) is 1.81. The Kier molecular flexibility index (Phi) is 5.71. The fourth-order valence-electron chi connectivity index (χ4n) is 0.469. The van der Waals surface area contributed by atoms with E-state index in [1.807, 2.05) is 0 Å². The largest absolute Gasteiger partial charge is 0.355 e. The van der Waals surface area contributed by atoms with Gasteiger partial charge in [-0.1, -0.05) is 6.08 Å². The van der Waals surface area contributed by atoms with Crippen molar-refractivity contribution in [1.82, 2.24) is 10.7 Å². The summed E-state index contributed by atoms with van der Waals surface area (Å²) in [5, 5.41) is 2.63. The molecule has 0 radical (unpaired) electrons. The van der Waals surface area contributed by atoms with Gasteiger partial charge in [0.05, 0.1) is 6.54 Å². The van der Waals surface area contributed by atoms with Gasteiger partial charge in [0.1, 0.15) is 0 Å². The van der Waals surface area contributed by atoms with Crippen LogP contribution in [0, 0.1) is 0 Å². The summed E-state index contributed by atoms with van der Waals surface area (Å²) in [5.41, 5.74) is 2.26. The van der Waals surface area contributed by atoms with Crippen molar-refractivity contribution in [3.05, 3.63) is 12.7 Å². The molecule has 0 aliphatic rings. The number of carbonyl (C=O) groups is 1. The van der Waals surface area contributed by atoms with Gasteiger partial charge in [-0.2, -0.15) is 0 Å². The summed E-state index contributed by atoms with van der Waals surface area (Å²) >= 11 is 0. The molecule has 0 saturated carbocycles. The minimum Gasteiger partial charge on any atom is -0.355 e. The van der Waals surface area contributed by atoms with Gasteiger partial charge in [0, 0.05) is 6.54 Å². The standard InChI is InChI=1S/C6H13N3O/c1-2-3-4-8-6(10)5-9-7/h2,9H,1,3-5,7H2,(H,8,10). The van der Waals surface area contributed by atoms with Gasteiger partial charge in [0.25, 0.3) is 0 Å². The molecule has 0 aromatic rings. The van der Waals surface area contributed by atoms with Crippen molar-refractivity contribution in [3.63, 3.8) is 0 Å². The van der Waals surface area contributed by atoms with Gasteiger partial charge in [-0.05, 0) is 6.42 Å². The third-order valence-corrected chi connectivity index (χ3v) is 0.933. The third kappa shape index (κ3) is 5.27. The molecule has 58 valence electrons. The molecule has 10 heavy (non-hydrogen) atoms. The summed E-state index contributed by atoms with van der Waals surface area (Å²) < 4.78 is 0. The van der Waals surface area contributed by atoms with Crippen LogP contribution in [-0.4, -0.2) is 19.0 Å². The van der Waals surface area contributed by atoms with Gasteiger partial charge < -0.3 is 5.32 Å². The van der Waals surface area contributed by atoms with E-state index >= 15 is 0 Å². The Morgan fingerprint density at radius 3 is 2.90 bits per heavy atom. The number of hydrogen-bond donors (Lipinski definition) is 3. The molecule has 0 unspecified atom stereocenters. The van der Waals surface area contributed by atoms with Crippen LogP contribution in [0.1, 0.15) is 6.42 Å². The number of hydrazine groups is 1. The number of amides is 1. The highest BCUT2D eigenvalue weighted by Crippen LogP contribution is 1.73. The molecule has 0 aromatic carbocycles. The number of rotatable bonds is 5. The second kappa shape index (κ2) is 6.25. The molecule has 0 aliphatic carbocycles. The van der Waals surface area contributed by atoms with Crippen LogP contribution in [0.25, 0.3) is 0 Å². The lowest BCUT2D eigenvalue weighted by atomic mass is 10.4. The molecule has 4 N–H and O–H groups in total. The summed E-state index contributed by atoms with van der Waals surface area (Å²) in [5.74, 6) is 4.81. The highest BCUT2D eigenvalue weighted by Gasteiger charge is 1.94. The zero-order valence-electron chi connectivity index (χ0n) is 5.89. The SMILES string of the molecule is C=CCCNC(=O)CNN. The molecule has 0 fully saturated rings. The van der Waals surface area contributed by atoms with Crippen molar-refractivity contribution >= 4 is 5.91 Å². The second-order valence-electron chi connectivity index (χ2n) is 1.81. The van der Waals surface area contributed by atoms with Crippen molar-refractivity contribution in [2.45, 2.75) is 6.42 Å². The lowest BCUT2D eigenvalue weighted by molar-refractivity contribution is -0.120. The van der Waals surface area contributed by atoms with Crippen molar-refractivity contribution in [2.75, 3.05) is 13.1 Å². The minimum absolute atomic E-state index is 0.0932. The van der Waals surface area contributed by atoms with Crippen LogP contribution in [0.3, 0.4) is 0 Å². The Morgan fingerprint density at radius 2 is 2.40 bits per heavy atom. The lowest BCUT2D eigenvalue weighted by Gasteiger charge is -2.00. The van der Waals surface area contributed by atoms with E-state index in [0.717, 1.165) is 6.42 Å². The van der Waals surface area contributed by atoms with E-state index in [9.17, 15) is 4.79 Å². The first kappa shape index (κ1) is 9.13. The quantitative estimate of drug-likeness (QED) is 0.203. The first-order valence-corrected chi connectivity index (χ1v) is 3.12. The number of nitrogens with two attached hydrogens (primary N) is 1. The Morgan fingerprint density at radius 1 is 1.70 bits per heavy atom. The van der Waals surface area contributed by atoms with Crippen LogP contribution in [-0.2, 0) is 4.79 Å². The Balaban J connectivity index is 3.13. The summed E-state index contributed by atoms with van der Waals surface area (Å²) in [7, 11) is 0. The average Bonchev–Trinajstić information content (AvgIpc) is 1.89. The molecule has 0 heterocycles. The topological polar surface area (TPSA) is 67.2 Å². The molecule has 0 aliphatic heterocycles. The van der Waals surface area contributed by atoms with Crippen LogP contribution in [0.4, 0.5) is 0 Å². The highest BCUT2D eigenvalue weighted by atomic mass is 16.1. The van der Waals surface area contributed by atoms with Crippen molar-refractivity contribution in [2.24, 2.45) is 5.84 Å². The Hall–Kier alpha value is -0.870. The van der Waals surface area contributed by atoms with E-state index in [4.69, 9.17) is 5.84 Å². The van der Waals surface area contributed by atoms with Crippen molar-refractivity contribution in [1.29, 1.82) is 0 Å². The molecule has 0 rings (SSSR count). The maximum Gasteiger partial charge on any atom is 0.235 e. The normalized spacial score (nSPS) is 8.90. The van der Waals surface area contributed by atoms with Crippen LogP contribution in [0.5, 0.6) is 0 Å². The van der Waals surface area contributed by atoms with Crippen LogP contribution in [0.2, 0.25) is 0 Å². The molecule has 0 spiro atoms. The highest BCUT2D eigenvalue weighted by molar-refractivity contribution is 5.77. The monoisotopic (exact) mass is 143 g/mol. The van der Waals surface area contributed by atoms with Gasteiger partial charge in [-0.3, -0.25) is 16.1 Å². The fourth-order valence-corrected chi connectivity index (χ4v) is 0.469. The number of hydrogen-bond acceptors (Lipinski definition) is 3. The van der Waals surface area contributed by atoms with E-state index < -0.39 is 0 Å². The minimum atomic E-state index is -0.0932. The molecule has 0 aromatic heterocycles. The van der Waals surface area contributed by atoms with Gasteiger partial charge in [0.15, 0.2) is 0 Å². The first-order valence-electron chi connectivity index (χ1n) is 3.12. The smallest absolute Gasteiger partial charge is 0.235 e. The van der Waals surface area contributed by atoms with Gasteiger partial charge in [-0.25, -0.2) is 0 Å². The molecular weight excluding hydrogens is 130 g/mol. The van der Waals surface area contributed by atoms with E-state index in [2.05, 4.69) is 17.3 Å². The lowest BCUT2D eigenvalue weighted by Crippen LogP contribution is -2.37. The van der Waals surface area contributed by atoms with E-state index in [-0.39, 0.29) is 12.5 Å². The Labute approximate surface area is 60.4 Å². The third-order valence-electron chi connectivity index (χ3n) is 0.933. The van der Waals surface area contributed by atoms with Gasteiger partial charge in [0.2, 0.25) is 5.91 Å². The maximum absolute atomic E-state index is 10.6. The van der Waals surface area contributed by atoms with Crippen molar-refractivity contribution in [3.8, 4) is 0 Å². The molecule has 0 bridgehead atoms. The van der Waals surface area contributed by atoms with Crippen molar-refractivity contribution < 1.29 is 4.79 Å². The Bertz CT molecular complexity index is 114. The van der Waals surface area contributed by atoms with Crippen LogP contribution < -0.4 is 16.6 Å². The summed E-state index contributed by atoms with van der Waals surface area (Å²) in [4.78, 5) is 10.6. The predicted molar refractivity (Wildman–Crippen MR) is 40.0 cm³/mol. The predicted octanol–water partition coefficient (Wildman–Crippen LogP) is -0.858. The van der Waals surface area contributed by atoms with Crippen LogP contribution >= 0.6 is 0 Å². The summed E-state index contributed by atoms with van der Waals surface area (Å²) in [6, 6.07) is 0. The van der Waals surface area contributed by atoms with E-state index in [1.165, 1.54) is 0 Å². The first-order chi connectivity index (χ1) is 4.81. The zero-order chi connectivity index (χ0) is 7.82. The zero-order valence-corrected chi connectivity index (χ0v) is 5.89. The average molecular weight is 143 g/mol. The maximum atomic E-state index is 10.6. The number of nitrogens with one attached hydrogen (secondary N) is 2. The molecule has 0 atom stereocenters. The van der Waals surface area contributed by atoms with Gasteiger partial charge >= 0.3 is 0 Å². The molecule has 4 heteroatoms.